The highest BCUT2D eigenvalue weighted by atomic mass is 35.5. The molecule has 0 aliphatic heterocycles. The molecule has 0 fully saturated rings. The van der Waals surface area contributed by atoms with Crippen LogP contribution < -0.4 is 5.73 Å². The van der Waals surface area contributed by atoms with Gasteiger partial charge in [0, 0.05) is 23.1 Å². The van der Waals surface area contributed by atoms with Crippen molar-refractivity contribution in [3.05, 3.63) is 34.9 Å². The molecule has 1 nitrogen and oxygen atoms in total. The maximum atomic E-state index is 12.4. The number of benzene rings is 1. The number of thioether (sulfide) groups is 1. The van der Waals surface area contributed by atoms with E-state index in [4.69, 9.17) is 17.3 Å². The Morgan fingerprint density at radius 1 is 1.24 bits per heavy atom. The Kier molecular flexibility index (Phi) is 5.62. The van der Waals surface area contributed by atoms with Crippen molar-refractivity contribution in [2.75, 3.05) is 12.3 Å². The molecule has 0 bridgehead atoms. The molecule has 6 heteroatoms. The van der Waals surface area contributed by atoms with Gasteiger partial charge < -0.3 is 5.73 Å². The summed E-state index contributed by atoms with van der Waals surface area (Å²) in [6.45, 7) is -0.364. The molecular formula is C11H13ClF3NS. The summed E-state index contributed by atoms with van der Waals surface area (Å²) in [5.41, 5.74) is 6.06. The standard InChI is InChI=1S/C11H13ClF3NS/c12-10-3-1-8(2-4-10)6-17-7-9(5-16)11(13,14)15/h1-4,9H,5-7,16H2. The van der Waals surface area contributed by atoms with E-state index in [0.29, 0.717) is 10.8 Å². The van der Waals surface area contributed by atoms with Crippen LogP contribution in [0, 0.1) is 5.92 Å². The van der Waals surface area contributed by atoms with E-state index >= 15 is 0 Å². The highest BCUT2D eigenvalue weighted by molar-refractivity contribution is 7.98. The van der Waals surface area contributed by atoms with Gasteiger partial charge in [0.25, 0.3) is 0 Å². The maximum Gasteiger partial charge on any atom is 0.393 e. The molecule has 0 aromatic heterocycles. The van der Waals surface area contributed by atoms with Crippen molar-refractivity contribution in [3.8, 4) is 0 Å². The molecule has 0 amide bonds. The fourth-order valence-corrected chi connectivity index (χ4v) is 2.48. The minimum atomic E-state index is -4.21. The van der Waals surface area contributed by atoms with Crippen LogP contribution in [0.5, 0.6) is 0 Å². The number of hydrogen-bond donors (Lipinski definition) is 1. The summed E-state index contributed by atoms with van der Waals surface area (Å²) in [6.07, 6.45) is -4.21. The fraction of sp³-hybridized carbons (Fsp3) is 0.455. The molecule has 17 heavy (non-hydrogen) atoms. The summed E-state index contributed by atoms with van der Waals surface area (Å²) in [7, 11) is 0. The number of hydrogen-bond acceptors (Lipinski definition) is 2. The number of alkyl halides is 3. The third-order valence-electron chi connectivity index (χ3n) is 2.25. The second-order valence-corrected chi connectivity index (χ2v) is 5.08. The average Bonchev–Trinajstić information content (AvgIpc) is 2.25. The first kappa shape index (κ1) is 14.7. The SMILES string of the molecule is NCC(CSCc1ccc(Cl)cc1)C(F)(F)F. The zero-order chi connectivity index (χ0) is 12.9. The van der Waals surface area contributed by atoms with Gasteiger partial charge in [-0.15, -0.1) is 0 Å². The molecule has 1 rings (SSSR count). The Balaban J connectivity index is 2.39. The van der Waals surface area contributed by atoms with Gasteiger partial charge in [-0.1, -0.05) is 23.7 Å². The van der Waals surface area contributed by atoms with E-state index < -0.39 is 12.1 Å². The molecule has 1 atom stereocenters. The monoisotopic (exact) mass is 283 g/mol. The van der Waals surface area contributed by atoms with E-state index in [2.05, 4.69) is 0 Å². The Hall–Kier alpha value is -0.390. The van der Waals surface area contributed by atoms with Crippen molar-refractivity contribution < 1.29 is 13.2 Å². The molecule has 1 aromatic rings. The highest BCUT2D eigenvalue weighted by Gasteiger charge is 2.38. The first-order valence-electron chi connectivity index (χ1n) is 5.02. The van der Waals surface area contributed by atoms with Gasteiger partial charge in [0.05, 0.1) is 5.92 Å². The van der Waals surface area contributed by atoms with Crippen molar-refractivity contribution in [2.45, 2.75) is 11.9 Å². The van der Waals surface area contributed by atoms with E-state index in [1.165, 1.54) is 11.8 Å². The average molecular weight is 284 g/mol. The summed E-state index contributed by atoms with van der Waals surface area (Å²) in [4.78, 5) is 0. The van der Waals surface area contributed by atoms with Crippen LogP contribution in [0.2, 0.25) is 5.02 Å². The second-order valence-electron chi connectivity index (χ2n) is 3.62. The van der Waals surface area contributed by atoms with E-state index in [0.717, 1.165) is 5.56 Å². The zero-order valence-electron chi connectivity index (χ0n) is 9.01. The molecule has 0 radical (unpaired) electrons. The lowest BCUT2D eigenvalue weighted by atomic mass is 10.2. The maximum absolute atomic E-state index is 12.4. The molecule has 0 spiro atoms. The Labute approximate surface area is 108 Å². The van der Waals surface area contributed by atoms with Crippen molar-refractivity contribution in [2.24, 2.45) is 11.7 Å². The van der Waals surface area contributed by atoms with Crippen LogP contribution in [-0.2, 0) is 5.75 Å². The largest absolute Gasteiger partial charge is 0.393 e. The zero-order valence-corrected chi connectivity index (χ0v) is 10.6. The Morgan fingerprint density at radius 3 is 2.29 bits per heavy atom. The van der Waals surface area contributed by atoms with Crippen molar-refractivity contribution in [3.63, 3.8) is 0 Å². The topological polar surface area (TPSA) is 26.0 Å². The van der Waals surface area contributed by atoms with Crippen molar-refractivity contribution in [1.29, 1.82) is 0 Å². The Morgan fingerprint density at radius 2 is 1.82 bits per heavy atom. The van der Waals surface area contributed by atoms with Crippen LogP contribution in [0.3, 0.4) is 0 Å². The van der Waals surface area contributed by atoms with Gasteiger partial charge in [0.15, 0.2) is 0 Å². The van der Waals surface area contributed by atoms with Gasteiger partial charge in [0.1, 0.15) is 0 Å². The smallest absolute Gasteiger partial charge is 0.330 e. The third kappa shape index (κ3) is 5.19. The molecule has 0 heterocycles. The number of halogens is 4. The third-order valence-corrected chi connectivity index (χ3v) is 3.68. The number of rotatable bonds is 5. The van der Waals surface area contributed by atoms with Gasteiger partial charge in [-0.3, -0.25) is 0 Å². The van der Waals surface area contributed by atoms with Crippen LogP contribution >= 0.6 is 23.4 Å². The summed E-state index contributed by atoms with van der Waals surface area (Å²) in [5, 5.41) is 0.619. The van der Waals surface area contributed by atoms with Crippen LogP contribution in [0.25, 0.3) is 0 Å². The molecule has 0 saturated carbocycles. The molecule has 96 valence electrons. The Bertz CT molecular complexity index is 340. The molecule has 0 saturated heterocycles. The molecular weight excluding hydrogens is 271 g/mol. The van der Waals surface area contributed by atoms with Crippen molar-refractivity contribution in [1.82, 2.24) is 0 Å². The van der Waals surface area contributed by atoms with Gasteiger partial charge in [-0.2, -0.15) is 24.9 Å². The second kappa shape index (κ2) is 6.52. The highest BCUT2D eigenvalue weighted by Crippen LogP contribution is 2.29. The molecule has 0 aliphatic rings. The minimum Gasteiger partial charge on any atom is -0.330 e. The predicted molar refractivity (Wildman–Crippen MR) is 66.2 cm³/mol. The quantitative estimate of drug-likeness (QED) is 0.891. The predicted octanol–water partition coefficient (Wildman–Crippen LogP) is 3.71. The molecule has 0 aliphatic carbocycles. The van der Waals surface area contributed by atoms with Gasteiger partial charge >= 0.3 is 6.18 Å². The van der Waals surface area contributed by atoms with Gasteiger partial charge in [0.2, 0.25) is 0 Å². The normalized spacial score (nSPS) is 13.7. The van der Waals surface area contributed by atoms with E-state index in [1.54, 1.807) is 24.3 Å². The number of nitrogens with two attached hydrogens (primary N) is 1. The van der Waals surface area contributed by atoms with Crippen molar-refractivity contribution >= 4 is 23.4 Å². The lowest BCUT2D eigenvalue weighted by molar-refractivity contribution is -0.165. The summed E-state index contributed by atoms with van der Waals surface area (Å²) in [6, 6.07) is 7.06. The van der Waals surface area contributed by atoms with Gasteiger partial charge in [-0.05, 0) is 17.7 Å². The summed E-state index contributed by atoms with van der Waals surface area (Å²) < 4.78 is 37.2. The minimum absolute atomic E-state index is 0.0113. The first-order chi connectivity index (χ1) is 7.93. The van der Waals surface area contributed by atoms with E-state index in [-0.39, 0.29) is 12.3 Å². The lowest BCUT2D eigenvalue weighted by Gasteiger charge is -2.17. The van der Waals surface area contributed by atoms with Crippen LogP contribution in [0.4, 0.5) is 13.2 Å². The molecule has 2 N–H and O–H groups in total. The fourth-order valence-electron chi connectivity index (χ4n) is 1.20. The molecule has 1 aromatic carbocycles. The summed E-state index contributed by atoms with van der Waals surface area (Å²) >= 11 is 6.94. The van der Waals surface area contributed by atoms with E-state index in [9.17, 15) is 13.2 Å². The van der Waals surface area contributed by atoms with Crippen LogP contribution in [0.1, 0.15) is 5.56 Å². The first-order valence-corrected chi connectivity index (χ1v) is 6.55. The van der Waals surface area contributed by atoms with Crippen LogP contribution in [0.15, 0.2) is 24.3 Å². The molecule has 1 unspecified atom stereocenters. The van der Waals surface area contributed by atoms with E-state index in [1.807, 2.05) is 0 Å². The summed E-state index contributed by atoms with van der Waals surface area (Å²) in [5.74, 6) is -0.911. The lowest BCUT2D eigenvalue weighted by Crippen LogP contribution is -2.32. The van der Waals surface area contributed by atoms with Gasteiger partial charge in [-0.25, -0.2) is 0 Å². The van der Waals surface area contributed by atoms with Crippen LogP contribution in [-0.4, -0.2) is 18.5 Å².